The highest BCUT2D eigenvalue weighted by atomic mass is 32.2. The highest BCUT2D eigenvalue weighted by Crippen LogP contribution is 2.37. The molecule has 4 aromatic rings. The second kappa shape index (κ2) is 11.0. The minimum atomic E-state index is -0.496. The van der Waals surface area contributed by atoms with Crippen molar-refractivity contribution in [1.29, 1.82) is 0 Å². The number of carbonyl (C=O) groups is 2. The number of esters is 1. The van der Waals surface area contributed by atoms with E-state index in [1.165, 1.54) is 16.7 Å². The summed E-state index contributed by atoms with van der Waals surface area (Å²) in [6, 6.07) is 21.4. The summed E-state index contributed by atoms with van der Waals surface area (Å²) in [5.74, 6) is -0.308. The van der Waals surface area contributed by atoms with E-state index in [-0.39, 0.29) is 21.3 Å². The molecule has 1 fully saturated rings. The second-order valence-electron chi connectivity index (χ2n) is 9.04. The van der Waals surface area contributed by atoms with Gasteiger partial charge in [0.05, 0.1) is 29.0 Å². The number of ether oxygens (including phenoxy) is 2. The van der Waals surface area contributed by atoms with Crippen LogP contribution in [-0.4, -0.2) is 32.7 Å². The molecule has 1 amide bonds. The average molecular weight is 572 g/mol. The number of carbonyl (C=O) groups excluding carboxylic acids is 2. The van der Waals surface area contributed by atoms with Crippen molar-refractivity contribution in [1.82, 2.24) is 9.36 Å². The van der Waals surface area contributed by atoms with Crippen molar-refractivity contribution in [2.24, 2.45) is 7.05 Å². The first-order chi connectivity index (χ1) is 19.2. The zero-order valence-corrected chi connectivity index (χ0v) is 23.8. The Bertz CT molecular complexity index is 1750. The molecule has 10 heteroatoms. The molecular weight excluding hydrogens is 546 g/mol. The number of rotatable bonds is 6. The van der Waals surface area contributed by atoms with Crippen LogP contribution in [-0.2, 0) is 11.8 Å². The molecular formula is C30H25N3O5S2. The number of nitrogens with zero attached hydrogens (tertiary/aromatic N) is 3. The molecule has 1 aromatic heterocycles. The van der Waals surface area contributed by atoms with Crippen LogP contribution in [0.5, 0.6) is 11.5 Å². The lowest BCUT2D eigenvalue weighted by atomic mass is 10.1. The summed E-state index contributed by atoms with van der Waals surface area (Å²) in [4.78, 5) is 41.4. The van der Waals surface area contributed by atoms with Crippen LogP contribution in [0.15, 0.2) is 82.5 Å². The van der Waals surface area contributed by atoms with Crippen molar-refractivity contribution in [3.05, 3.63) is 110 Å². The molecule has 1 aliphatic rings. The lowest BCUT2D eigenvalue weighted by Crippen LogP contribution is -2.33. The number of aromatic nitrogens is 2. The van der Waals surface area contributed by atoms with Crippen LogP contribution >= 0.6 is 24.0 Å². The summed E-state index contributed by atoms with van der Waals surface area (Å²) in [7, 11) is 3.24. The Morgan fingerprint density at radius 3 is 2.35 bits per heavy atom. The van der Waals surface area contributed by atoms with Gasteiger partial charge in [0.15, 0.2) is 15.8 Å². The van der Waals surface area contributed by atoms with Gasteiger partial charge in [-0.3, -0.25) is 19.2 Å². The predicted molar refractivity (Wildman–Crippen MR) is 161 cm³/mol. The lowest BCUT2D eigenvalue weighted by molar-refractivity contribution is -0.113. The summed E-state index contributed by atoms with van der Waals surface area (Å²) in [6.45, 7) is 3.61. The summed E-state index contributed by atoms with van der Waals surface area (Å²) in [5, 5.41) is 0. The highest BCUT2D eigenvalue weighted by molar-refractivity contribution is 8.27. The summed E-state index contributed by atoms with van der Waals surface area (Å²) >= 11 is 6.66. The Kier molecular flexibility index (Phi) is 7.46. The molecule has 0 spiro atoms. The molecule has 0 saturated carbocycles. The van der Waals surface area contributed by atoms with E-state index in [9.17, 15) is 14.4 Å². The number of hydrogen-bond donors (Lipinski definition) is 0. The minimum absolute atomic E-state index is 0.216. The number of hydrogen-bond acceptors (Lipinski definition) is 7. The first kappa shape index (κ1) is 27.2. The molecule has 0 aliphatic carbocycles. The molecule has 0 N–H and O–H groups in total. The zero-order valence-electron chi connectivity index (χ0n) is 22.2. The molecule has 0 unspecified atom stereocenters. The third-order valence-electron chi connectivity index (χ3n) is 6.59. The van der Waals surface area contributed by atoms with Gasteiger partial charge >= 0.3 is 5.97 Å². The number of para-hydroxylation sites is 1. The molecule has 0 radical (unpaired) electrons. The van der Waals surface area contributed by atoms with Gasteiger partial charge < -0.3 is 9.47 Å². The Morgan fingerprint density at radius 2 is 1.65 bits per heavy atom. The van der Waals surface area contributed by atoms with E-state index in [1.807, 2.05) is 49.4 Å². The number of methoxy groups -OCH3 is 1. The lowest BCUT2D eigenvalue weighted by Gasteiger charge is -2.12. The summed E-state index contributed by atoms with van der Waals surface area (Å²) in [5.41, 5.74) is 3.06. The maximum Gasteiger partial charge on any atom is 0.343 e. The standard InChI is InChI=1S/C30H25N3O5S2/c1-18-10-8-9-13-22(18)29(36)38-23-15-14-20(16-24(23)37-4)17-25-27(34)32(30(39)40-25)26-19(2)31(3)33(28(26)35)21-11-6-5-7-12-21/h5-17H,1-4H3. The maximum atomic E-state index is 13.5. The van der Waals surface area contributed by atoms with Gasteiger partial charge in [-0.25, -0.2) is 9.48 Å². The van der Waals surface area contributed by atoms with E-state index < -0.39 is 11.9 Å². The fourth-order valence-electron chi connectivity index (χ4n) is 4.44. The van der Waals surface area contributed by atoms with E-state index >= 15 is 0 Å². The normalized spacial score (nSPS) is 14.2. The molecule has 5 rings (SSSR count). The Hall–Kier alpha value is -4.41. The van der Waals surface area contributed by atoms with E-state index in [0.717, 1.165) is 17.3 Å². The first-order valence-electron chi connectivity index (χ1n) is 12.3. The van der Waals surface area contributed by atoms with Gasteiger partial charge in [-0.15, -0.1) is 0 Å². The number of amides is 1. The van der Waals surface area contributed by atoms with Crippen molar-refractivity contribution in [2.75, 3.05) is 12.0 Å². The fourth-order valence-corrected chi connectivity index (χ4v) is 5.71. The largest absolute Gasteiger partial charge is 0.493 e. The highest BCUT2D eigenvalue weighted by Gasteiger charge is 2.37. The molecule has 3 aromatic carbocycles. The molecule has 1 aliphatic heterocycles. The smallest absolute Gasteiger partial charge is 0.343 e. The van der Waals surface area contributed by atoms with Crippen LogP contribution in [0.4, 0.5) is 5.69 Å². The number of benzene rings is 3. The van der Waals surface area contributed by atoms with Gasteiger partial charge in [0, 0.05) is 7.05 Å². The first-order valence-corrected chi connectivity index (χ1v) is 13.5. The van der Waals surface area contributed by atoms with Gasteiger partial charge in [0.1, 0.15) is 5.69 Å². The van der Waals surface area contributed by atoms with Crippen molar-refractivity contribution < 1.29 is 19.1 Å². The summed E-state index contributed by atoms with van der Waals surface area (Å²) in [6.07, 6.45) is 1.67. The fraction of sp³-hybridized carbons (Fsp3) is 0.133. The zero-order chi connectivity index (χ0) is 28.6. The van der Waals surface area contributed by atoms with Gasteiger partial charge in [0.2, 0.25) is 0 Å². The minimum Gasteiger partial charge on any atom is -0.493 e. The third kappa shape index (κ3) is 4.87. The number of thioether (sulfide) groups is 1. The molecule has 202 valence electrons. The van der Waals surface area contributed by atoms with Gasteiger partial charge in [-0.2, -0.15) is 0 Å². The van der Waals surface area contributed by atoms with Gasteiger partial charge in [0.25, 0.3) is 11.5 Å². The van der Waals surface area contributed by atoms with Crippen LogP contribution in [0.3, 0.4) is 0 Å². The van der Waals surface area contributed by atoms with Crippen LogP contribution in [0.1, 0.15) is 27.2 Å². The third-order valence-corrected chi connectivity index (χ3v) is 7.90. The molecule has 0 atom stereocenters. The molecule has 2 heterocycles. The van der Waals surface area contributed by atoms with Crippen molar-refractivity contribution >= 4 is 51.9 Å². The number of anilines is 1. The monoisotopic (exact) mass is 571 g/mol. The SMILES string of the molecule is COc1cc(C=C2SC(=S)N(c3c(C)n(C)n(-c4ccccc4)c3=O)C2=O)ccc1OC(=O)c1ccccc1C. The van der Waals surface area contributed by atoms with Crippen LogP contribution in [0, 0.1) is 13.8 Å². The number of aryl methyl sites for hydroxylation is 1. The Labute approximate surface area is 240 Å². The summed E-state index contributed by atoms with van der Waals surface area (Å²) < 4.78 is 14.5. The molecule has 1 saturated heterocycles. The second-order valence-corrected chi connectivity index (χ2v) is 10.7. The Balaban J connectivity index is 1.44. The van der Waals surface area contributed by atoms with Crippen molar-refractivity contribution in [3.8, 4) is 17.2 Å². The van der Waals surface area contributed by atoms with Crippen LogP contribution < -0.4 is 19.9 Å². The van der Waals surface area contributed by atoms with E-state index in [4.69, 9.17) is 21.7 Å². The predicted octanol–water partition coefficient (Wildman–Crippen LogP) is 5.43. The van der Waals surface area contributed by atoms with Gasteiger partial charge in [-0.1, -0.05) is 66.4 Å². The average Bonchev–Trinajstić information content (AvgIpc) is 3.34. The molecule has 40 heavy (non-hydrogen) atoms. The van der Waals surface area contributed by atoms with Crippen LogP contribution in [0.25, 0.3) is 11.8 Å². The van der Waals surface area contributed by atoms with Crippen molar-refractivity contribution in [2.45, 2.75) is 13.8 Å². The quantitative estimate of drug-likeness (QED) is 0.132. The van der Waals surface area contributed by atoms with Crippen LogP contribution in [0.2, 0.25) is 0 Å². The molecule has 0 bridgehead atoms. The molecule has 8 nitrogen and oxygen atoms in total. The topological polar surface area (TPSA) is 82.8 Å². The Morgan fingerprint density at radius 1 is 0.950 bits per heavy atom. The number of thiocarbonyl (C=S) groups is 1. The van der Waals surface area contributed by atoms with E-state index in [2.05, 4.69) is 0 Å². The maximum absolute atomic E-state index is 13.5. The van der Waals surface area contributed by atoms with E-state index in [0.29, 0.717) is 33.2 Å². The van der Waals surface area contributed by atoms with Gasteiger partial charge in [-0.05, 0) is 61.4 Å². The van der Waals surface area contributed by atoms with E-state index in [1.54, 1.807) is 55.1 Å². The van der Waals surface area contributed by atoms with Crippen molar-refractivity contribution in [3.63, 3.8) is 0 Å².